The van der Waals surface area contributed by atoms with Crippen LogP contribution in [0, 0.1) is 11.3 Å². The van der Waals surface area contributed by atoms with E-state index in [4.69, 9.17) is 0 Å². The first-order valence-electron chi connectivity index (χ1n) is 8.53. The third-order valence-electron chi connectivity index (χ3n) is 4.43. The number of hydrogen-bond acceptors (Lipinski definition) is 6. The molecule has 0 bridgehead atoms. The van der Waals surface area contributed by atoms with Crippen LogP contribution in [0.15, 0.2) is 67.3 Å². The molecule has 4 rings (SSSR count). The quantitative estimate of drug-likeness (QED) is 0.594. The van der Waals surface area contributed by atoms with Crippen LogP contribution in [-0.4, -0.2) is 20.2 Å². The second kappa shape index (κ2) is 7.18. The summed E-state index contributed by atoms with van der Waals surface area (Å²) in [5.74, 6) is 0. The molecule has 1 aromatic carbocycles. The molecule has 1 atom stereocenters. The zero-order valence-corrected chi connectivity index (χ0v) is 14.7. The van der Waals surface area contributed by atoms with Crippen molar-refractivity contribution in [2.75, 3.05) is 5.32 Å². The topological polar surface area (TPSA) is 87.4 Å². The standard InChI is InChI=1S/C21H16N6/c1-14(17-3-2-8-24-13-17)25-21-18-5-4-16(15-6-9-23-10-7-15)11-19(18)26-27-20(21)12-22/h2-11,13-14H,1H3,(H,25,26). The average molecular weight is 352 g/mol. The van der Waals surface area contributed by atoms with Gasteiger partial charge in [0.25, 0.3) is 0 Å². The number of nitrogens with one attached hydrogen (secondary N) is 1. The van der Waals surface area contributed by atoms with Gasteiger partial charge in [-0.05, 0) is 53.9 Å². The lowest BCUT2D eigenvalue weighted by Gasteiger charge is -2.17. The molecule has 0 aliphatic rings. The van der Waals surface area contributed by atoms with E-state index >= 15 is 0 Å². The van der Waals surface area contributed by atoms with Crippen molar-refractivity contribution in [3.8, 4) is 17.2 Å². The van der Waals surface area contributed by atoms with E-state index in [2.05, 4.69) is 31.6 Å². The SMILES string of the molecule is CC(Nc1c(C#N)nnc2cc(-c3ccncc3)ccc12)c1cccnc1. The molecule has 0 saturated carbocycles. The van der Waals surface area contributed by atoms with Crippen molar-refractivity contribution in [1.82, 2.24) is 20.2 Å². The monoisotopic (exact) mass is 352 g/mol. The largest absolute Gasteiger partial charge is 0.376 e. The summed E-state index contributed by atoms with van der Waals surface area (Å²) >= 11 is 0. The van der Waals surface area contributed by atoms with Gasteiger partial charge in [0.1, 0.15) is 6.07 Å². The zero-order valence-electron chi connectivity index (χ0n) is 14.7. The summed E-state index contributed by atoms with van der Waals surface area (Å²) in [7, 11) is 0. The van der Waals surface area contributed by atoms with E-state index in [1.165, 1.54) is 0 Å². The summed E-state index contributed by atoms with van der Waals surface area (Å²) in [6.45, 7) is 2.02. The van der Waals surface area contributed by atoms with Crippen molar-refractivity contribution in [3.63, 3.8) is 0 Å². The molecule has 6 nitrogen and oxygen atoms in total. The molecule has 0 spiro atoms. The number of fused-ring (bicyclic) bond motifs is 1. The molecular formula is C21H16N6. The van der Waals surface area contributed by atoms with Gasteiger partial charge in [0.05, 0.1) is 17.2 Å². The maximum absolute atomic E-state index is 9.48. The number of aromatic nitrogens is 4. The summed E-state index contributed by atoms with van der Waals surface area (Å²) < 4.78 is 0. The fourth-order valence-corrected chi connectivity index (χ4v) is 2.99. The zero-order chi connectivity index (χ0) is 18.6. The van der Waals surface area contributed by atoms with Crippen LogP contribution in [0.4, 0.5) is 5.69 Å². The number of rotatable bonds is 4. The van der Waals surface area contributed by atoms with E-state index in [1.54, 1.807) is 18.6 Å². The van der Waals surface area contributed by atoms with Crippen LogP contribution in [-0.2, 0) is 0 Å². The molecule has 1 unspecified atom stereocenters. The van der Waals surface area contributed by atoms with E-state index in [0.717, 1.165) is 27.6 Å². The smallest absolute Gasteiger partial charge is 0.186 e. The predicted octanol–water partition coefficient (Wildman–Crippen LogP) is 4.13. The maximum atomic E-state index is 9.48. The summed E-state index contributed by atoms with van der Waals surface area (Å²) in [6, 6.07) is 15.8. The van der Waals surface area contributed by atoms with Crippen molar-refractivity contribution in [3.05, 3.63) is 78.5 Å². The minimum Gasteiger partial charge on any atom is -0.376 e. The molecule has 0 fully saturated rings. The van der Waals surface area contributed by atoms with Crippen molar-refractivity contribution in [1.29, 1.82) is 5.26 Å². The number of nitrogens with zero attached hydrogens (tertiary/aromatic N) is 5. The van der Waals surface area contributed by atoms with Crippen molar-refractivity contribution < 1.29 is 0 Å². The van der Waals surface area contributed by atoms with Gasteiger partial charge in [-0.1, -0.05) is 12.1 Å². The molecule has 0 saturated heterocycles. The van der Waals surface area contributed by atoms with Crippen LogP contribution in [0.1, 0.15) is 24.2 Å². The van der Waals surface area contributed by atoms with Gasteiger partial charge in [0.2, 0.25) is 0 Å². The molecule has 0 aliphatic heterocycles. The van der Waals surface area contributed by atoms with Gasteiger partial charge < -0.3 is 5.32 Å². The minimum atomic E-state index is -0.0296. The van der Waals surface area contributed by atoms with Gasteiger partial charge in [-0.15, -0.1) is 10.2 Å². The van der Waals surface area contributed by atoms with Crippen molar-refractivity contribution >= 4 is 16.6 Å². The highest BCUT2D eigenvalue weighted by atomic mass is 15.1. The maximum Gasteiger partial charge on any atom is 0.186 e. The lowest BCUT2D eigenvalue weighted by molar-refractivity contribution is 0.872. The first kappa shape index (κ1) is 16.6. The van der Waals surface area contributed by atoms with Crippen LogP contribution in [0.2, 0.25) is 0 Å². The third kappa shape index (κ3) is 3.31. The molecule has 0 amide bonds. The average Bonchev–Trinajstić information content (AvgIpc) is 2.74. The van der Waals surface area contributed by atoms with Gasteiger partial charge in [-0.2, -0.15) is 5.26 Å². The Labute approximate surface area is 156 Å². The molecule has 0 aliphatic carbocycles. The van der Waals surface area contributed by atoms with Crippen molar-refractivity contribution in [2.24, 2.45) is 0 Å². The number of nitriles is 1. The van der Waals surface area contributed by atoms with Gasteiger partial charge in [-0.25, -0.2) is 0 Å². The van der Waals surface area contributed by atoms with E-state index in [9.17, 15) is 5.26 Å². The Morgan fingerprint density at radius 3 is 2.56 bits per heavy atom. The normalized spacial score (nSPS) is 11.7. The van der Waals surface area contributed by atoms with Crippen molar-refractivity contribution in [2.45, 2.75) is 13.0 Å². The molecule has 130 valence electrons. The Morgan fingerprint density at radius 2 is 1.81 bits per heavy atom. The van der Waals surface area contributed by atoms with Crippen LogP contribution in [0.3, 0.4) is 0 Å². The molecule has 27 heavy (non-hydrogen) atoms. The summed E-state index contributed by atoms with van der Waals surface area (Å²) in [5.41, 5.74) is 4.78. The van der Waals surface area contributed by atoms with Gasteiger partial charge in [0.15, 0.2) is 5.69 Å². The Hall–Kier alpha value is -3.85. The molecule has 0 radical (unpaired) electrons. The highest BCUT2D eigenvalue weighted by molar-refractivity contribution is 5.95. The Morgan fingerprint density at radius 1 is 0.963 bits per heavy atom. The van der Waals surface area contributed by atoms with Gasteiger partial charge in [0, 0.05) is 30.2 Å². The number of anilines is 1. The second-order valence-electron chi connectivity index (χ2n) is 6.16. The summed E-state index contributed by atoms with van der Waals surface area (Å²) in [4.78, 5) is 8.21. The van der Waals surface area contributed by atoms with E-state index in [1.807, 2.05) is 55.6 Å². The predicted molar refractivity (Wildman–Crippen MR) is 104 cm³/mol. The van der Waals surface area contributed by atoms with Gasteiger partial charge >= 0.3 is 0 Å². The van der Waals surface area contributed by atoms with Crippen LogP contribution in [0.25, 0.3) is 22.0 Å². The number of benzene rings is 1. The Balaban J connectivity index is 1.78. The molecule has 3 aromatic heterocycles. The molecule has 6 heteroatoms. The van der Waals surface area contributed by atoms with E-state index < -0.39 is 0 Å². The van der Waals surface area contributed by atoms with Gasteiger partial charge in [-0.3, -0.25) is 9.97 Å². The minimum absolute atomic E-state index is 0.0296. The number of hydrogen-bond donors (Lipinski definition) is 1. The Bertz CT molecular complexity index is 1120. The molecule has 3 heterocycles. The van der Waals surface area contributed by atoms with E-state index in [0.29, 0.717) is 5.69 Å². The highest BCUT2D eigenvalue weighted by Crippen LogP contribution is 2.30. The third-order valence-corrected chi connectivity index (χ3v) is 4.43. The van der Waals surface area contributed by atoms with Crippen LogP contribution in [0.5, 0.6) is 0 Å². The summed E-state index contributed by atoms with van der Waals surface area (Å²) in [6.07, 6.45) is 7.06. The first-order chi connectivity index (χ1) is 13.3. The molecular weight excluding hydrogens is 336 g/mol. The molecule has 4 aromatic rings. The lowest BCUT2D eigenvalue weighted by atomic mass is 10.0. The lowest BCUT2D eigenvalue weighted by Crippen LogP contribution is -2.10. The molecule has 1 N–H and O–H groups in total. The second-order valence-corrected chi connectivity index (χ2v) is 6.16. The first-order valence-corrected chi connectivity index (χ1v) is 8.53. The number of pyridine rings is 2. The fraction of sp³-hybridized carbons (Fsp3) is 0.0952. The van der Waals surface area contributed by atoms with E-state index in [-0.39, 0.29) is 11.7 Å². The summed E-state index contributed by atoms with van der Waals surface area (Å²) in [5, 5.41) is 22.1. The van der Waals surface area contributed by atoms with Crippen LogP contribution >= 0.6 is 0 Å². The highest BCUT2D eigenvalue weighted by Gasteiger charge is 2.15. The van der Waals surface area contributed by atoms with Crippen LogP contribution < -0.4 is 5.32 Å². The fourth-order valence-electron chi connectivity index (χ4n) is 2.99. The Kier molecular flexibility index (Phi) is 4.42.